The minimum atomic E-state index is -0.292. The molecule has 3 heterocycles. The van der Waals surface area contributed by atoms with Crippen molar-refractivity contribution >= 4 is 17.2 Å². The molecule has 1 spiro atoms. The zero-order valence-corrected chi connectivity index (χ0v) is 16.2. The van der Waals surface area contributed by atoms with Gasteiger partial charge in [0.25, 0.3) is 5.91 Å². The summed E-state index contributed by atoms with van der Waals surface area (Å²) < 4.78 is 19.3. The minimum Gasteiger partial charge on any atom is -0.375 e. The molecule has 1 atom stereocenters. The lowest BCUT2D eigenvalue weighted by Gasteiger charge is -2.45. The number of amides is 1. The molecule has 1 unspecified atom stereocenters. The number of carbonyl (C=O) groups is 1. The van der Waals surface area contributed by atoms with Crippen molar-refractivity contribution in [2.75, 3.05) is 19.7 Å². The van der Waals surface area contributed by atoms with E-state index in [2.05, 4.69) is 4.98 Å². The van der Waals surface area contributed by atoms with Crippen molar-refractivity contribution in [2.45, 2.75) is 44.2 Å². The largest absolute Gasteiger partial charge is 0.375 e. The molecule has 2 aliphatic rings. The average molecular weight is 389 g/mol. The number of hydrogen-bond acceptors (Lipinski definition) is 5. The SMILES string of the molecule is Cc1nc(C(=O)N2CCC3(CC2)CC(N)CCO3)c(-c2ccc(F)cc2)s1. The predicted molar refractivity (Wildman–Crippen MR) is 103 cm³/mol. The summed E-state index contributed by atoms with van der Waals surface area (Å²) in [4.78, 5) is 20.3. The Labute approximate surface area is 162 Å². The first-order valence-corrected chi connectivity index (χ1v) is 10.2. The maximum absolute atomic E-state index is 13.3. The van der Waals surface area contributed by atoms with Gasteiger partial charge in [-0.05, 0) is 50.3 Å². The zero-order chi connectivity index (χ0) is 19.0. The summed E-state index contributed by atoms with van der Waals surface area (Å²) in [5, 5.41) is 0.827. The number of rotatable bonds is 2. The molecule has 1 amide bonds. The monoisotopic (exact) mass is 389 g/mol. The second kappa shape index (κ2) is 7.30. The molecule has 0 aliphatic carbocycles. The summed E-state index contributed by atoms with van der Waals surface area (Å²) >= 11 is 1.47. The lowest BCUT2D eigenvalue weighted by atomic mass is 9.82. The van der Waals surface area contributed by atoms with E-state index in [0.29, 0.717) is 25.4 Å². The fourth-order valence-corrected chi connectivity index (χ4v) is 4.97. The fraction of sp³-hybridized carbons (Fsp3) is 0.500. The molecule has 2 fully saturated rings. The molecule has 4 rings (SSSR count). The van der Waals surface area contributed by atoms with Gasteiger partial charge in [0.2, 0.25) is 0 Å². The number of nitrogens with zero attached hydrogens (tertiary/aromatic N) is 2. The van der Waals surface area contributed by atoms with Gasteiger partial charge in [0.05, 0.1) is 15.5 Å². The zero-order valence-electron chi connectivity index (χ0n) is 15.4. The number of likely N-dealkylation sites (tertiary alicyclic amines) is 1. The van der Waals surface area contributed by atoms with Crippen molar-refractivity contribution in [3.05, 3.63) is 40.8 Å². The van der Waals surface area contributed by atoms with Crippen LogP contribution in [-0.4, -0.2) is 47.1 Å². The average Bonchev–Trinajstić information content (AvgIpc) is 3.04. The van der Waals surface area contributed by atoms with Gasteiger partial charge in [0.1, 0.15) is 11.5 Å². The van der Waals surface area contributed by atoms with Crippen molar-refractivity contribution in [3.8, 4) is 10.4 Å². The standard InChI is InChI=1S/C20H24FN3O2S/c1-13-23-17(18(27-13)14-2-4-15(21)5-3-14)19(25)24-9-7-20(8-10-24)12-16(22)6-11-26-20/h2-5,16H,6-12,22H2,1H3. The van der Waals surface area contributed by atoms with Gasteiger partial charge in [0, 0.05) is 25.7 Å². The van der Waals surface area contributed by atoms with E-state index in [1.165, 1.54) is 23.5 Å². The molecule has 5 nitrogen and oxygen atoms in total. The minimum absolute atomic E-state index is 0.0615. The molecule has 2 aliphatic heterocycles. The summed E-state index contributed by atoms with van der Waals surface area (Å²) in [6, 6.07) is 6.40. The van der Waals surface area contributed by atoms with Crippen molar-refractivity contribution in [1.29, 1.82) is 0 Å². The number of carbonyl (C=O) groups excluding carboxylic acids is 1. The van der Waals surface area contributed by atoms with Crippen LogP contribution in [0.2, 0.25) is 0 Å². The van der Waals surface area contributed by atoms with Crippen LogP contribution in [0.25, 0.3) is 10.4 Å². The highest BCUT2D eigenvalue weighted by atomic mass is 32.1. The number of aromatic nitrogens is 1. The molecule has 7 heteroatoms. The van der Waals surface area contributed by atoms with Crippen LogP contribution in [0.15, 0.2) is 24.3 Å². The van der Waals surface area contributed by atoms with Crippen molar-refractivity contribution in [1.82, 2.24) is 9.88 Å². The third-order valence-corrected chi connectivity index (χ3v) is 6.56. The lowest BCUT2D eigenvalue weighted by molar-refractivity contribution is -0.112. The van der Waals surface area contributed by atoms with Crippen LogP contribution in [0.3, 0.4) is 0 Å². The van der Waals surface area contributed by atoms with Gasteiger partial charge < -0.3 is 15.4 Å². The smallest absolute Gasteiger partial charge is 0.273 e. The van der Waals surface area contributed by atoms with Gasteiger partial charge in [-0.25, -0.2) is 9.37 Å². The predicted octanol–water partition coefficient (Wildman–Crippen LogP) is 3.37. The van der Waals surface area contributed by atoms with Crippen LogP contribution in [0.1, 0.15) is 41.2 Å². The van der Waals surface area contributed by atoms with E-state index >= 15 is 0 Å². The van der Waals surface area contributed by atoms with Gasteiger partial charge >= 0.3 is 0 Å². The van der Waals surface area contributed by atoms with E-state index in [4.69, 9.17) is 10.5 Å². The second-order valence-electron chi connectivity index (χ2n) is 7.49. The van der Waals surface area contributed by atoms with Crippen molar-refractivity contribution in [2.24, 2.45) is 5.73 Å². The maximum atomic E-state index is 13.3. The summed E-state index contributed by atoms with van der Waals surface area (Å²) in [5.41, 5.74) is 7.23. The Morgan fingerprint density at radius 2 is 2.04 bits per heavy atom. The molecule has 0 bridgehead atoms. The lowest BCUT2D eigenvalue weighted by Crippen LogP contribution is -2.53. The van der Waals surface area contributed by atoms with Gasteiger partial charge in [-0.3, -0.25) is 4.79 Å². The fourth-order valence-electron chi connectivity index (χ4n) is 4.05. The van der Waals surface area contributed by atoms with Crippen LogP contribution in [0.5, 0.6) is 0 Å². The highest BCUT2D eigenvalue weighted by Crippen LogP contribution is 2.36. The number of nitrogens with two attached hydrogens (primary N) is 1. The summed E-state index contributed by atoms with van der Waals surface area (Å²) in [5.74, 6) is -0.353. The first-order valence-electron chi connectivity index (χ1n) is 9.38. The maximum Gasteiger partial charge on any atom is 0.273 e. The van der Waals surface area contributed by atoms with Gasteiger partial charge in [-0.2, -0.15) is 0 Å². The molecule has 2 saturated heterocycles. The molecule has 144 valence electrons. The Hall–Kier alpha value is -1.83. The topological polar surface area (TPSA) is 68.5 Å². The van der Waals surface area contributed by atoms with Crippen LogP contribution >= 0.6 is 11.3 Å². The third-order valence-electron chi connectivity index (χ3n) is 5.54. The van der Waals surface area contributed by atoms with E-state index in [1.54, 1.807) is 12.1 Å². The van der Waals surface area contributed by atoms with Gasteiger partial charge in [-0.15, -0.1) is 11.3 Å². The van der Waals surface area contributed by atoms with E-state index < -0.39 is 0 Å². The van der Waals surface area contributed by atoms with E-state index in [9.17, 15) is 9.18 Å². The van der Waals surface area contributed by atoms with Crippen LogP contribution in [-0.2, 0) is 4.74 Å². The van der Waals surface area contributed by atoms with E-state index in [-0.39, 0.29) is 23.4 Å². The van der Waals surface area contributed by atoms with Crippen molar-refractivity contribution in [3.63, 3.8) is 0 Å². The summed E-state index contributed by atoms with van der Waals surface area (Å²) in [7, 11) is 0. The number of aryl methyl sites for hydroxylation is 1. The molecule has 27 heavy (non-hydrogen) atoms. The molecule has 0 radical (unpaired) electrons. The normalized spacial score (nSPS) is 22.2. The number of hydrogen-bond donors (Lipinski definition) is 1. The number of halogens is 1. The molecule has 1 aromatic heterocycles. The third kappa shape index (κ3) is 3.77. The Balaban J connectivity index is 1.52. The van der Waals surface area contributed by atoms with Gasteiger partial charge in [0.15, 0.2) is 0 Å². The molecule has 2 aromatic rings. The van der Waals surface area contributed by atoms with Crippen molar-refractivity contribution < 1.29 is 13.9 Å². The number of piperidine rings is 1. The summed E-state index contributed by atoms with van der Waals surface area (Å²) in [6.45, 7) is 3.88. The Morgan fingerprint density at radius 3 is 2.70 bits per heavy atom. The number of ether oxygens (including phenoxy) is 1. The second-order valence-corrected chi connectivity index (χ2v) is 8.70. The molecular weight excluding hydrogens is 365 g/mol. The first kappa shape index (κ1) is 18.5. The molecular formula is C20H24FN3O2S. The van der Waals surface area contributed by atoms with Crippen LogP contribution < -0.4 is 5.73 Å². The quantitative estimate of drug-likeness (QED) is 0.855. The van der Waals surface area contributed by atoms with E-state index in [1.807, 2.05) is 11.8 Å². The Morgan fingerprint density at radius 1 is 1.33 bits per heavy atom. The number of benzene rings is 1. The Kier molecular flexibility index (Phi) is 5.01. The van der Waals surface area contributed by atoms with Gasteiger partial charge in [-0.1, -0.05) is 12.1 Å². The van der Waals surface area contributed by atoms with Crippen LogP contribution in [0.4, 0.5) is 4.39 Å². The van der Waals surface area contributed by atoms with Crippen LogP contribution in [0, 0.1) is 12.7 Å². The molecule has 0 saturated carbocycles. The highest BCUT2D eigenvalue weighted by Gasteiger charge is 2.41. The van der Waals surface area contributed by atoms with E-state index in [0.717, 1.165) is 41.1 Å². The molecule has 1 aromatic carbocycles. The first-order chi connectivity index (χ1) is 13.0. The highest BCUT2D eigenvalue weighted by molar-refractivity contribution is 7.15. The number of thiazole rings is 1. The summed E-state index contributed by atoms with van der Waals surface area (Å²) in [6.07, 6.45) is 3.39. The Bertz CT molecular complexity index is 828. The molecule has 2 N–H and O–H groups in total.